The number of hydrogen-bond donors (Lipinski definition) is 1. The van der Waals surface area contributed by atoms with E-state index in [9.17, 15) is 14.4 Å². The van der Waals surface area contributed by atoms with Crippen LogP contribution in [0.25, 0.3) is 0 Å². The summed E-state index contributed by atoms with van der Waals surface area (Å²) in [6, 6.07) is 9.82. The van der Waals surface area contributed by atoms with E-state index in [1.54, 1.807) is 32.7 Å². The highest BCUT2D eigenvalue weighted by Gasteiger charge is 2.81. The summed E-state index contributed by atoms with van der Waals surface area (Å²) in [5.74, 6) is -1.34. The number of rotatable bonds is 0. The van der Waals surface area contributed by atoms with Crippen LogP contribution >= 0.6 is 12.2 Å². The number of imide groups is 1. The zero-order valence-electron chi connectivity index (χ0n) is 22.8. The number of anilines is 2. The first-order valence-corrected chi connectivity index (χ1v) is 13.8. The van der Waals surface area contributed by atoms with E-state index in [4.69, 9.17) is 17.0 Å². The third-order valence-electron chi connectivity index (χ3n) is 9.03. The molecule has 0 unspecified atom stereocenters. The fraction of sp³-hybridized carbons (Fsp3) is 0.467. The van der Waals surface area contributed by atoms with Crippen molar-refractivity contribution in [3.05, 3.63) is 58.9 Å². The third kappa shape index (κ3) is 3.02. The van der Waals surface area contributed by atoms with E-state index in [0.717, 1.165) is 41.0 Å². The Bertz CT molecular complexity index is 1480. The van der Waals surface area contributed by atoms with Gasteiger partial charge in [-0.15, -0.1) is 0 Å². The van der Waals surface area contributed by atoms with Crippen LogP contribution in [0.4, 0.5) is 20.6 Å². The van der Waals surface area contributed by atoms with E-state index in [0.29, 0.717) is 18.4 Å². The number of nitrogens with zero attached hydrogens (tertiary/aromatic N) is 2. The lowest BCUT2D eigenvalue weighted by Crippen LogP contribution is -2.62. The van der Waals surface area contributed by atoms with Crippen molar-refractivity contribution in [2.45, 2.75) is 76.4 Å². The van der Waals surface area contributed by atoms with E-state index in [1.165, 1.54) is 18.2 Å². The number of hydrogen-bond acceptors (Lipinski definition) is 5. The Morgan fingerprint density at radius 3 is 2.33 bits per heavy atom. The van der Waals surface area contributed by atoms with Crippen LogP contribution in [-0.2, 0) is 25.3 Å². The van der Waals surface area contributed by atoms with Crippen molar-refractivity contribution >= 4 is 46.5 Å². The predicted octanol–water partition coefficient (Wildman–Crippen LogP) is 5.41. The summed E-state index contributed by atoms with van der Waals surface area (Å²) in [6.07, 6.45) is 2.60. The average molecular weight is 550 g/mol. The Kier molecular flexibility index (Phi) is 5.38. The molecule has 7 nitrogen and oxygen atoms in total. The summed E-state index contributed by atoms with van der Waals surface area (Å²) < 4.78 is 20.7. The van der Waals surface area contributed by atoms with Gasteiger partial charge in [-0.1, -0.05) is 49.2 Å². The maximum atomic E-state index is 15.0. The van der Waals surface area contributed by atoms with Gasteiger partial charge in [-0.3, -0.25) is 9.59 Å². The van der Waals surface area contributed by atoms with E-state index < -0.39 is 39.8 Å². The molecule has 0 aromatic heterocycles. The molecule has 0 bridgehead atoms. The van der Waals surface area contributed by atoms with Crippen LogP contribution in [0.1, 0.15) is 69.6 Å². The molecule has 3 aliphatic heterocycles. The van der Waals surface area contributed by atoms with Gasteiger partial charge in [-0.25, -0.2) is 14.1 Å². The number of carbonyl (C=O) groups excluding carboxylic acids is 3. The van der Waals surface area contributed by atoms with Gasteiger partial charge >= 0.3 is 6.09 Å². The molecule has 2 aromatic carbocycles. The quantitative estimate of drug-likeness (QED) is 0.443. The highest BCUT2D eigenvalue weighted by Crippen LogP contribution is 2.70. The van der Waals surface area contributed by atoms with Crippen molar-refractivity contribution in [2.75, 3.05) is 16.8 Å². The molecule has 4 aliphatic rings. The molecule has 9 heteroatoms. The van der Waals surface area contributed by atoms with Gasteiger partial charge in [-0.2, -0.15) is 0 Å². The second-order valence-corrected chi connectivity index (χ2v) is 12.7. The average Bonchev–Trinajstić information content (AvgIpc) is 3.34. The monoisotopic (exact) mass is 549 g/mol. The highest BCUT2D eigenvalue weighted by atomic mass is 32.1. The van der Waals surface area contributed by atoms with Crippen molar-refractivity contribution < 1.29 is 23.5 Å². The Morgan fingerprint density at radius 1 is 1.00 bits per heavy atom. The molecule has 3 spiro atoms. The predicted molar refractivity (Wildman–Crippen MR) is 149 cm³/mol. The third-order valence-corrected chi connectivity index (χ3v) is 9.44. The minimum absolute atomic E-state index is 0.142. The number of fused-ring (bicyclic) bond motifs is 6. The molecule has 0 radical (unpaired) electrons. The summed E-state index contributed by atoms with van der Waals surface area (Å²) in [5.41, 5.74) is -1.88. The van der Waals surface area contributed by atoms with Gasteiger partial charge in [0.05, 0.1) is 10.7 Å². The zero-order valence-corrected chi connectivity index (χ0v) is 23.6. The van der Waals surface area contributed by atoms with Crippen molar-refractivity contribution in [3.8, 4) is 0 Å². The van der Waals surface area contributed by atoms with Gasteiger partial charge < -0.3 is 15.0 Å². The smallest absolute Gasteiger partial charge is 0.421 e. The lowest BCUT2D eigenvalue weighted by Gasteiger charge is -2.50. The highest BCUT2D eigenvalue weighted by molar-refractivity contribution is 7.80. The van der Waals surface area contributed by atoms with Crippen LogP contribution in [0.2, 0.25) is 0 Å². The number of thiocarbonyl (C=S) groups is 1. The van der Waals surface area contributed by atoms with Gasteiger partial charge in [0.15, 0.2) is 5.54 Å². The van der Waals surface area contributed by atoms with Gasteiger partial charge in [0.2, 0.25) is 0 Å². The molecule has 6 rings (SSSR count). The normalized spacial score (nSPS) is 27.0. The van der Waals surface area contributed by atoms with Gasteiger partial charge in [0.1, 0.15) is 16.8 Å². The van der Waals surface area contributed by atoms with E-state index >= 15 is 4.39 Å². The lowest BCUT2D eigenvalue weighted by molar-refractivity contribution is -0.135. The summed E-state index contributed by atoms with van der Waals surface area (Å²) in [6.45, 7) is 7.12. The summed E-state index contributed by atoms with van der Waals surface area (Å²) in [7, 11) is 1.73. The van der Waals surface area contributed by atoms with Crippen LogP contribution < -0.4 is 15.1 Å². The van der Waals surface area contributed by atoms with E-state index in [2.05, 4.69) is 5.32 Å². The molecule has 2 fully saturated rings. The second kappa shape index (κ2) is 8.10. The van der Waals surface area contributed by atoms with E-state index in [1.807, 2.05) is 25.1 Å². The van der Waals surface area contributed by atoms with Crippen molar-refractivity contribution in [2.24, 2.45) is 5.41 Å². The molecule has 1 N–H and O–H groups in total. The number of carbonyl (C=O) groups is 3. The number of likely N-dealkylation sites (N-methyl/N-ethyl adjacent to an activating group) is 1. The number of nitrogens with one attached hydrogen (secondary N) is 1. The maximum Gasteiger partial charge on any atom is 0.421 e. The standard InChI is InChI=1S/C30H32FN3O4S/c1-17-9-11-21-20(15-17)30(25(36)33(21)5)28(13-7-6-8-14-28)29(23(39)32-30)19-16-18(31)10-12-22(19)34(24(29)35)26(37)38-27(2,3)4/h9-12,15-16H,6-8,13-14H2,1-5H3,(H,32,39)/t29-,30-/m1/s1. The first kappa shape index (κ1) is 25.9. The van der Waals surface area contributed by atoms with Crippen LogP contribution in [0.3, 0.4) is 0 Å². The minimum Gasteiger partial charge on any atom is -0.443 e. The fourth-order valence-electron chi connectivity index (χ4n) is 7.66. The number of benzene rings is 2. The molecule has 3 heterocycles. The van der Waals surface area contributed by atoms with Crippen LogP contribution in [-0.4, -0.2) is 35.5 Å². The molecule has 1 saturated carbocycles. The Morgan fingerprint density at radius 2 is 1.67 bits per heavy atom. The lowest BCUT2D eigenvalue weighted by atomic mass is 9.49. The Labute approximate surface area is 232 Å². The summed E-state index contributed by atoms with van der Waals surface area (Å²) in [4.78, 5) is 45.7. The van der Waals surface area contributed by atoms with Gasteiger partial charge in [0.25, 0.3) is 11.8 Å². The Balaban J connectivity index is 1.68. The van der Waals surface area contributed by atoms with Crippen LogP contribution in [0, 0.1) is 18.2 Å². The number of ether oxygens (including phenoxy) is 1. The molecular formula is C30H32FN3O4S. The molecular weight excluding hydrogens is 517 g/mol. The first-order valence-electron chi connectivity index (χ1n) is 13.4. The molecule has 39 heavy (non-hydrogen) atoms. The second-order valence-electron chi connectivity index (χ2n) is 12.3. The topological polar surface area (TPSA) is 79.0 Å². The van der Waals surface area contributed by atoms with Crippen LogP contribution in [0.15, 0.2) is 36.4 Å². The van der Waals surface area contributed by atoms with Crippen molar-refractivity contribution in [1.29, 1.82) is 0 Å². The Hall–Kier alpha value is -3.33. The first-order chi connectivity index (χ1) is 18.3. The maximum absolute atomic E-state index is 15.0. The van der Waals surface area contributed by atoms with Crippen molar-refractivity contribution in [1.82, 2.24) is 5.32 Å². The summed E-state index contributed by atoms with van der Waals surface area (Å²) in [5, 5.41) is 3.40. The fourth-order valence-corrected chi connectivity index (χ4v) is 8.20. The SMILES string of the molecule is Cc1ccc2c(c1)[C@@]1(NC(=S)[C@]3(C(=O)N(C(=O)OC(C)(C)C)c4ccc(F)cc43)C13CCCCC3)C(=O)N2C. The molecule has 3 amide bonds. The number of halogens is 1. The number of aryl methyl sites for hydroxylation is 1. The van der Waals surface area contributed by atoms with Gasteiger partial charge in [0, 0.05) is 29.3 Å². The minimum atomic E-state index is -1.63. The molecule has 1 saturated heterocycles. The molecule has 2 aromatic rings. The molecule has 2 atom stereocenters. The van der Waals surface area contributed by atoms with Crippen LogP contribution in [0.5, 0.6) is 0 Å². The van der Waals surface area contributed by atoms with E-state index in [-0.39, 0.29) is 16.6 Å². The molecule has 204 valence electrons. The molecule has 1 aliphatic carbocycles. The number of amides is 3. The van der Waals surface area contributed by atoms with Gasteiger partial charge in [-0.05, 0) is 64.8 Å². The zero-order chi connectivity index (χ0) is 28.1. The summed E-state index contributed by atoms with van der Waals surface area (Å²) >= 11 is 6.05. The van der Waals surface area contributed by atoms with Crippen molar-refractivity contribution in [3.63, 3.8) is 0 Å². The largest absolute Gasteiger partial charge is 0.443 e.